The molecule has 2 aromatic carbocycles. The number of terminal acetylenes is 1. The molecule has 8 nitrogen and oxygen atoms in total. The van der Waals surface area contributed by atoms with E-state index in [0.29, 0.717) is 23.3 Å². The van der Waals surface area contributed by atoms with E-state index >= 15 is 0 Å². The number of esters is 1. The first kappa shape index (κ1) is 27.0. The predicted molar refractivity (Wildman–Crippen MR) is 111 cm³/mol. The number of hydrogen-bond donors (Lipinski definition) is 1. The number of benzene rings is 2. The molecular formula is C22H17F5N2O6. The lowest BCUT2D eigenvalue weighted by Gasteiger charge is -2.20. The Balaban J connectivity index is 2.27. The summed E-state index contributed by atoms with van der Waals surface area (Å²) in [6.45, 7) is -2.25. The summed E-state index contributed by atoms with van der Waals surface area (Å²) < 4.78 is 72.6. The van der Waals surface area contributed by atoms with Crippen molar-refractivity contribution in [3.63, 3.8) is 0 Å². The number of halogens is 5. The van der Waals surface area contributed by atoms with Crippen LogP contribution >= 0.6 is 0 Å². The number of carbonyl (C=O) groups is 2. The number of rotatable bonds is 9. The first-order valence-electron chi connectivity index (χ1n) is 9.59. The molecule has 0 aliphatic carbocycles. The van der Waals surface area contributed by atoms with Crippen LogP contribution in [-0.4, -0.2) is 48.7 Å². The van der Waals surface area contributed by atoms with Gasteiger partial charge in [-0.05, 0) is 23.8 Å². The molecule has 186 valence electrons. The van der Waals surface area contributed by atoms with E-state index in [1.807, 2.05) is 0 Å². The number of nitro groups is 1. The highest BCUT2D eigenvalue weighted by atomic mass is 19.4. The Kier molecular flexibility index (Phi) is 8.35. The number of nitrogens with one attached hydrogen (secondary N) is 1. The average molecular weight is 500 g/mol. The topological polar surface area (TPSA) is 108 Å². The summed E-state index contributed by atoms with van der Waals surface area (Å²) in [5.74, 6) is -5.73. The molecule has 0 aliphatic heterocycles. The number of carbonyl (C=O) groups excluding carboxylic acids is 2. The largest absolute Gasteiger partial charge is 0.480 e. The van der Waals surface area contributed by atoms with Crippen LogP contribution in [0.3, 0.4) is 0 Å². The van der Waals surface area contributed by atoms with E-state index in [0.717, 1.165) is 13.2 Å². The molecule has 0 radical (unpaired) electrons. The van der Waals surface area contributed by atoms with E-state index in [-0.39, 0.29) is 6.42 Å². The van der Waals surface area contributed by atoms with Crippen molar-refractivity contribution < 1.29 is 45.9 Å². The van der Waals surface area contributed by atoms with Gasteiger partial charge in [0.2, 0.25) is 0 Å². The Labute approximate surface area is 195 Å². The first-order chi connectivity index (χ1) is 16.3. The van der Waals surface area contributed by atoms with Gasteiger partial charge in [0, 0.05) is 29.7 Å². The van der Waals surface area contributed by atoms with Crippen molar-refractivity contribution in [1.82, 2.24) is 5.32 Å². The third kappa shape index (κ3) is 6.89. The summed E-state index contributed by atoms with van der Waals surface area (Å²) in [5, 5.41) is 13.4. The van der Waals surface area contributed by atoms with Crippen LogP contribution in [0.25, 0.3) is 0 Å². The molecule has 0 heterocycles. The van der Waals surface area contributed by atoms with Gasteiger partial charge in [-0.15, -0.1) is 6.42 Å². The number of amides is 1. The highest BCUT2D eigenvalue weighted by Crippen LogP contribution is 2.37. The number of ether oxygens (including phenoxy) is 2. The molecule has 2 aromatic rings. The molecule has 0 bridgehead atoms. The SMILES string of the molecule is C#Cc1ccc(C[C@H](NC(=O)c2ccc([N+](=O)[O-])c(OCC(F)(F)C(F)(F)F)c2)C(=O)OC)cc1. The maximum atomic E-state index is 13.2. The van der Waals surface area contributed by atoms with E-state index in [2.05, 4.69) is 20.7 Å². The fraction of sp³-hybridized carbons (Fsp3) is 0.273. The third-order valence-corrected chi connectivity index (χ3v) is 4.59. The Bertz CT molecular complexity index is 1140. The molecule has 0 aliphatic rings. The van der Waals surface area contributed by atoms with Crippen LogP contribution in [0.2, 0.25) is 0 Å². The van der Waals surface area contributed by atoms with Gasteiger partial charge in [0.15, 0.2) is 12.4 Å². The van der Waals surface area contributed by atoms with Gasteiger partial charge < -0.3 is 14.8 Å². The van der Waals surface area contributed by atoms with E-state index < -0.39 is 58.5 Å². The van der Waals surface area contributed by atoms with Gasteiger partial charge in [-0.25, -0.2) is 4.79 Å². The Morgan fingerprint density at radius 2 is 1.77 bits per heavy atom. The van der Waals surface area contributed by atoms with Gasteiger partial charge in [-0.3, -0.25) is 14.9 Å². The van der Waals surface area contributed by atoms with E-state index in [1.165, 1.54) is 0 Å². The van der Waals surface area contributed by atoms with Gasteiger partial charge in [-0.2, -0.15) is 22.0 Å². The number of hydrogen-bond acceptors (Lipinski definition) is 6. The van der Waals surface area contributed by atoms with E-state index in [1.54, 1.807) is 24.3 Å². The van der Waals surface area contributed by atoms with Gasteiger partial charge >= 0.3 is 23.8 Å². The lowest BCUT2D eigenvalue weighted by Crippen LogP contribution is -2.43. The monoisotopic (exact) mass is 500 g/mol. The molecule has 0 unspecified atom stereocenters. The molecular weight excluding hydrogens is 483 g/mol. The lowest BCUT2D eigenvalue weighted by atomic mass is 10.0. The summed E-state index contributed by atoms with van der Waals surface area (Å²) in [4.78, 5) is 34.8. The van der Waals surface area contributed by atoms with Gasteiger partial charge in [-0.1, -0.05) is 18.1 Å². The van der Waals surface area contributed by atoms with Crippen molar-refractivity contribution >= 4 is 17.6 Å². The normalized spacial score (nSPS) is 12.3. The second-order valence-electron chi connectivity index (χ2n) is 7.03. The fourth-order valence-corrected chi connectivity index (χ4v) is 2.72. The number of nitrogens with zero attached hydrogens (tertiary/aromatic N) is 1. The molecule has 0 saturated carbocycles. The van der Waals surface area contributed by atoms with Crippen LogP contribution in [0.5, 0.6) is 5.75 Å². The highest BCUT2D eigenvalue weighted by molar-refractivity contribution is 5.97. The van der Waals surface area contributed by atoms with Crippen LogP contribution in [0.4, 0.5) is 27.6 Å². The summed E-state index contributed by atoms with van der Waals surface area (Å²) in [7, 11) is 1.07. The molecule has 0 saturated heterocycles. The van der Waals surface area contributed by atoms with Crippen molar-refractivity contribution in [2.24, 2.45) is 0 Å². The second-order valence-corrected chi connectivity index (χ2v) is 7.03. The minimum absolute atomic E-state index is 0.0442. The minimum Gasteiger partial charge on any atom is -0.480 e. The van der Waals surface area contributed by atoms with Crippen LogP contribution in [0, 0.1) is 22.5 Å². The van der Waals surface area contributed by atoms with E-state index in [4.69, 9.17) is 6.42 Å². The predicted octanol–water partition coefficient (Wildman–Crippen LogP) is 3.67. The molecule has 2 rings (SSSR count). The molecule has 1 N–H and O–H groups in total. The smallest absolute Gasteiger partial charge is 0.456 e. The second kappa shape index (κ2) is 10.8. The van der Waals surface area contributed by atoms with Crippen LogP contribution in [0.1, 0.15) is 21.5 Å². The highest BCUT2D eigenvalue weighted by Gasteiger charge is 2.58. The van der Waals surface area contributed by atoms with Crippen molar-refractivity contribution in [2.45, 2.75) is 24.6 Å². The minimum atomic E-state index is -5.96. The number of methoxy groups -OCH3 is 1. The Hall–Kier alpha value is -4.21. The summed E-state index contributed by atoms with van der Waals surface area (Å²) in [5.41, 5.74) is -0.195. The molecule has 0 fully saturated rings. The maximum Gasteiger partial charge on any atom is 0.456 e. The average Bonchev–Trinajstić information content (AvgIpc) is 2.81. The molecule has 0 aromatic heterocycles. The Morgan fingerprint density at radius 3 is 2.29 bits per heavy atom. The zero-order valence-electron chi connectivity index (χ0n) is 17.9. The van der Waals surface area contributed by atoms with Crippen LogP contribution in [-0.2, 0) is 16.0 Å². The molecule has 1 atom stereocenters. The van der Waals surface area contributed by atoms with E-state index in [9.17, 15) is 41.7 Å². The zero-order valence-corrected chi connectivity index (χ0v) is 17.9. The van der Waals surface area contributed by atoms with Crippen molar-refractivity contribution in [1.29, 1.82) is 0 Å². The lowest BCUT2D eigenvalue weighted by molar-refractivity contribution is -0.386. The standard InChI is InChI=1S/C22H17F5N2O6/c1-3-13-4-6-14(7-5-13)10-16(20(31)34-2)28-19(30)15-8-9-17(29(32)33)18(11-15)35-12-21(23,24)22(25,26)27/h1,4-9,11,16H,10,12H2,2H3,(H,28,30)/t16-/m0/s1. The molecule has 1 amide bonds. The zero-order chi connectivity index (χ0) is 26.4. The first-order valence-corrected chi connectivity index (χ1v) is 9.59. The van der Waals surface area contributed by atoms with Gasteiger partial charge in [0.05, 0.1) is 12.0 Å². The summed E-state index contributed by atoms with van der Waals surface area (Å²) >= 11 is 0. The van der Waals surface area contributed by atoms with Crippen LogP contribution in [0.15, 0.2) is 42.5 Å². The van der Waals surface area contributed by atoms with Crippen molar-refractivity contribution in [3.8, 4) is 18.1 Å². The molecule has 35 heavy (non-hydrogen) atoms. The van der Waals surface area contributed by atoms with Gasteiger partial charge in [0.25, 0.3) is 5.91 Å². The molecule has 13 heteroatoms. The van der Waals surface area contributed by atoms with Crippen LogP contribution < -0.4 is 10.1 Å². The fourth-order valence-electron chi connectivity index (χ4n) is 2.72. The van der Waals surface area contributed by atoms with Crippen molar-refractivity contribution in [3.05, 3.63) is 69.3 Å². The van der Waals surface area contributed by atoms with Crippen molar-refractivity contribution in [2.75, 3.05) is 13.7 Å². The quantitative estimate of drug-likeness (QED) is 0.185. The summed E-state index contributed by atoms with van der Waals surface area (Å²) in [6.07, 6.45) is -0.721. The molecule has 0 spiro atoms. The number of alkyl halides is 5. The van der Waals surface area contributed by atoms with Gasteiger partial charge in [0.1, 0.15) is 6.04 Å². The summed E-state index contributed by atoms with van der Waals surface area (Å²) in [6, 6.07) is 7.41. The maximum absolute atomic E-state index is 13.2. The number of nitro benzene ring substituents is 1. The third-order valence-electron chi connectivity index (χ3n) is 4.59. The Morgan fingerprint density at radius 1 is 1.14 bits per heavy atom.